The molecule has 1 aromatic heterocycles. The summed E-state index contributed by atoms with van der Waals surface area (Å²) in [6, 6.07) is 8.59. The highest BCUT2D eigenvalue weighted by Gasteiger charge is 2.40. The van der Waals surface area contributed by atoms with E-state index in [1.807, 2.05) is 38.1 Å². The number of hydrogen-bond donors (Lipinski definition) is 1. The summed E-state index contributed by atoms with van der Waals surface area (Å²) in [4.78, 5) is 12.3. The maximum atomic E-state index is 6.21. The summed E-state index contributed by atoms with van der Waals surface area (Å²) in [6.45, 7) is 13.0. The Bertz CT molecular complexity index is 857. The second-order valence-electron chi connectivity index (χ2n) is 7.92. The Morgan fingerprint density at radius 1 is 1.13 bits per heavy atom. The van der Waals surface area contributed by atoms with Crippen LogP contribution < -0.4 is 15.4 Å². The quantitative estimate of drug-likeness (QED) is 0.779. The van der Waals surface area contributed by atoms with Gasteiger partial charge in [-0.15, -0.1) is 0 Å². The van der Waals surface area contributed by atoms with E-state index >= 15 is 0 Å². The average Bonchev–Trinajstić information content (AvgIpc) is 2.79. The molecule has 0 amide bonds. The highest BCUT2D eigenvalue weighted by atomic mass is 32.2. The van der Waals surface area contributed by atoms with Crippen LogP contribution in [0, 0.1) is 0 Å². The van der Waals surface area contributed by atoms with Crippen molar-refractivity contribution in [1.29, 1.82) is 0 Å². The lowest BCUT2D eigenvalue weighted by Crippen LogP contribution is -2.56. The molecular weight excluding hydrogens is 396 g/mol. The smallest absolute Gasteiger partial charge is 0.184 e. The zero-order valence-electron chi connectivity index (χ0n) is 18.9. The molecule has 0 unspecified atom stereocenters. The molecule has 1 saturated heterocycles. The van der Waals surface area contributed by atoms with E-state index in [1.165, 1.54) is 0 Å². The van der Waals surface area contributed by atoms with Crippen molar-refractivity contribution < 1.29 is 9.47 Å². The first-order chi connectivity index (χ1) is 14.4. The Labute approximate surface area is 184 Å². The van der Waals surface area contributed by atoms with Gasteiger partial charge in [-0.3, -0.25) is 0 Å². The highest BCUT2D eigenvalue weighted by Crippen LogP contribution is 2.45. The number of fused-ring (bicyclic) bond motifs is 3. The maximum absolute atomic E-state index is 6.21. The molecule has 3 heterocycles. The summed E-state index contributed by atoms with van der Waals surface area (Å²) >= 11 is 1.76. The van der Waals surface area contributed by atoms with Gasteiger partial charge in [-0.25, -0.2) is 9.97 Å². The predicted octanol–water partition coefficient (Wildman–Crippen LogP) is 4.21. The third-order valence-electron chi connectivity index (χ3n) is 5.58. The van der Waals surface area contributed by atoms with E-state index < -0.39 is 0 Å². The Morgan fingerprint density at radius 3 is 2.47 bits per heavy atom. The zero-order chi connectivity index (χ0) is 21.9. The van der Waals surface area contributed by atoms with Gasteiger partial charge >= 0.3 is 0 Å². The number of anilines is 1. The van der Waals surface area contributed by atoms with Crippen LogP contribution in [0.2, 0.25) is 0 Å². The maximum Gasteiger partial charge on any atom is 0.184 e. The molecule has 2 aliphatic heterocycles. The number of rotatable bonds is 4. The van der Waals surface area contributed by atoms with Gasteiger partial charge in [0.15, 0.2) is 17.4 Å². The van der Waals surface area contributed by atoms with Gasteiger partial charge < -0.3 is 20.1 Å². The Hall–Kier alpha value is -1.83. The molecular formula is C23H34N4O2S. The fraction of sp³-hybridized carbons (Fsp3) is 0.565. The van der Waals surface area contributed by atoms with E-state index in [2.05, 4.69) is 31.9 Å². The summed E-state index contributed by atoms with van der Waals surface area (Å²) in [5, 5.41) is 0. The predicted molar refractivity (Wildman–Crippen MR) is 125 cm³/mol. The lowest BCUT2D eigenvalue weighted by atomic mass is 10.0. The minimum Gasteiger partial charge on any atom is -0.486 e. The van der Waals surface area contributed by atoms with Crippen molar-refractivity contribution in [1.82, 2.24) is 9.97 Å². The van der Waals surface area contributed by atoms with Gasteiger partial charge in [0, 0.05) is 12.1 Å². The van der Waals surface area contributed by atoms with Gasteiger partial charge in [-0.1, -0.05) is 38.1 Å². The molecule has 0 aliphatic carbocycles. The summed E-state index contributed by atoms with van der Waals surface area (Å²) in [7, 11) is 0. The fourth-order valence-corrected chi connectivity index (χ4v) is 4.09. The van der Waals surface area contributed by atoms with Crippen LogP contribution >= 0.6 is 11.8 Å². The number of morpholine rings is 1. The molecule has 7 heteroatoms. The summed E-state index contributed by atoms with van der Waals surface area (Å²) in [6.07, 6.45) is 2.10. The molecule has 164 valence electrons. The molecule has 0 spiro atoms. The van der Waals surface area contributed by atoms with Crippen molar-refractivity contribution >= 4 is 17.6 Å². The largest absolute Gasteiger partial charge is 0.486 e. The monoisotopic (exact) mass is 430 g/mol. The van der Waals surface area contributed by atoms with Crippen LogP contribution in [-0.2, 0) is 16.0 Å². The SMILES string of the molecule is CC.CSC(C)(C)c1nc(-c2ccc(CN)cc2)nc2c1OC[C@@H]1COC[C@@H](C)N21. The number of nitrogens with two attached hydrogens (primary N) is 1. The van der Waals surface area contributed by atoms with Gasteiger partial charge in [0.25, 0.3) is 0 Å². The van der Waals surface area contributed by atoms with Crippen molar-refractivity contribution in [2.45, 2.75) is 58.0 Å². The van der Waals surface area contributed by atoms with Crippen LogP contribution in [0.3, 0.4) is 0 Å². The van der Waals surface area contributed by atoms with E-state index in [-0.39, 0.29) is 16.8 Å². The molecule has 2 aliphatic rings. The van der Waals surface area contributed by atoms with Crippen molar-refractivity contribution in [3.8, 4) is 17.1 Å². The van der Waals surface area contributed by atoms with E-state index in [4.69, 9.17) is 25.2 Å². The van der Waals surface area contributed by atoms with Crippen molar-refractivity contribution in [2.24, 2.45) is 5.73 Å². The molecule has 1 aromatic carbocycles. The second kappa shape index (κ2) is 9.54. The van der Waals surface area contributed by atoms with E-state index in [1.54, 1.807) is 11.8 Å². The van der Waals surface area contributed by atoms with Crippen LogP contribution in [0.5, 0.6) is 5.75 Å². The van der Waals surface area contributed by atoms with Crippen LogP contribution in [0.15, 0.2) is 24.3 Å². The van der Waals surface area contributed by atoms with Crippen LogP contribution in [0.1, 0.15) is 45.9 Å². The van der Waals surface area contributed by atoms with Crippen LogP contribution in [0.4, 0.5) is 5.82 Å². The second-order valence-corrected chi connectivity index (χ2v) is 9.35. The summed E-state index contributed by atoms with van der Waals surface area (Å²) in [5.41, 5.74) is 8.77. The molecule has 4 rings (SSSR count). The highest BCUT2D eigenvalue weighted by molar-refractivity contribution is 7.99. The van der Waals surface area contributed by atoms with Crippen molar-refractivity contribution in [3.05, 3.63) is 35.5 Å². The third-order valence-corrected chi connectivity index (χ3v) is 6.79. The summed E-state index contributed by atoms with van der Waals surface area (Å²) < 4.78 is 11.8. The Morgan fingerprint density at radius 2 is 1.83 bits per heavy atom. The molecule has 2 aromatic rings. The fourth-order valence-electron chi connectivity index (χ4n) is 3.76. The molecule has 2 atom stereocenters. The molecule has 6 nitrogen and oxygen atoms in total. The molecule has 0 saturated carbocycles. The van der Waals surface area contributed by atoms with Gasteiger partial charge in [-0.2, -0.15) is 11.8 Å². The first-order valence-corrected chi connectivity index (χ1v) is 11.9. The minimum absolute atomic E-state index is 0.184. The first-order valence-electron chi connectivity index (χ1n) is 10.7. The van der Waals surface area contributed by atoms with E-state index in [0.717, 1.165) is 34.2 Å². The minimum atomic E-state index is -0.193. The van der Waals surface area contributed by atoms with Crippen molar-refractivity contribution in [3.63, 3.8) is 0 Å². The average molecular weight is 431 g/mol. The number of ether oxygens (including phenoxy) is 2. The number of nitrogens with zero attached hydrogens (tertiary/aromatic N) is 3. The lowest BCUT2D eigenvalue weighted by Gasteiger charge is -2.45. The van der Waals surface area contributed by atoms with E-state index in [9.17, 15) is 0 Å². The summed E-state index contributed by atoms with van der Waals surface area (Å²) in [5.74, 6) is 2.42. The van der Waals surface area contributed by atoms with Gasteiger partial charge in [0.2, 0.25) is 0 Å². The topological polar surface area (TPSA) is 73.5 Å². The number of hydrogen-bond acceptors (Lipinski definition) is 7. The van der Waals surface area contributed by atoms with Gasteiger partial charge in [0.1, 0.15) is 12.3 Å². The molecule has 1 fully saturated rings. The van der Waals surface area contributed by atoms with Crippen molar-refractivity contribution in [2.75, 3.05) is 31.0 Å². The molecule has 2 N–H and O–H groups in total. The molecule has 0 bridgehead atoms. The third kappa shape index (κ3) is 4.29. The van der Waals surface area contributed by atoms with Gasteiger partial charge in [0.05, 0.1) is 30.0 Å². The van der Waals surface area contributed by atoms with Crippen LogP contribution in [-0.4, -0.2) is 48.1 Å². The normalized spacial score (nSPS) is 20.4. The number of benzene rings is 1. The lowest BCUT2D eigenvalue weighted by molar-refractivity contribution is 0.0482. The van der Waals surface area contributed by atoms with E-state index in [0.29, 0.717) is 26.4 Å². The first kappa shape index (κ1) is 22.8. The Kier molecular flexibility index (Phi) is 7.26. The molecule has 0 radical (unpaired) electrons. The number of aromatic nitrogens is 2. The molecule has 30 heavy (non-hydrogen) atoms. The van der Waals surface area contributed by atoms with Gasteiger partial charge in [-0.05, 0) is 32.6 Å². The van der Waals surface area contributed by atoms with Crippen LogP contribution in [0.25, 0.3) is 11.4 Å². The Balaban J connectivity index is 0.00000124. The standard InChI is InChI=1S/C21H28N4O2S.C2H6/c1-13-10-26-11-16-12-27-17-18(21(2,3)28-4)23-19(24-20(17)25(13)16)15-7-5-14(9-22)6-8-15;1-2/h5-8,13,16H,9-12,22H2,1-4H3;1-2H3/t13-,16+;/m1./s1. The number of thioether (sulfide) groups is 1. The zero-order valence-corrected chi connectivity index (χ0v) is 19.8.